The Bertz CT molecular complexity index is 618. The fourth-order valence-electron chi connectivity index (χ4n) is 1.73. The van der Waals surface area contributed by atoms with E-state index >= 15 is 0 Å². The third kappa shape index (κ3) is 3.28. The Hall–Kier alpha value is -2.50. The highest BCUT2D eigenvalue weighted by atomic mass is 19.1. The lowest BCUT2D eigenvalue weighted by Crippen LogP contribution is -2.27. The molecule has 104 valence electrons. The molecule has 2 rings (SSSR count). The zero-order chi connectivity index (χ0) is 14.5. The van der Waals surface area contributed by atoms with Crippen LogP contribution in [0.3, 0.4) is 0 Å². The first-order valence-corrected chi connectivity index (χ1v) is 6.16. The topological polar surface area (TPSA) is 66.9 Å². The van der Waals surface area contributed by atoms with Crippen LogP contribution in [0, 0.1) is 5.82 Å². The summed E-state index contributed by atoms with van der Waals surface area (Å²) in [5.41, 5.74) is 0.899. The number of nitrogens with one attached hydrogen (secondary N) is 2. The minimum absolute atomic E-state index is 0.208. The van der Waals surface area contributed by atoms with E-state index in [1.807, 2.05) is 0 Å². The van der Waals surface area contributed by atoms with E-state index in [1.165, 1.54) is 24.5 Å². The maximum atomic E-state index is 13.1. The summed E-state index contributed by atoms with van der Waals surface area (Å²) >= 11 is 0. The molecule has 0 aliphatic carbocycles. The fraction of sp³-hybridized carbons (Fsp3) is 0.214. The Balaban J connectivity index is 2.10. The number of hydrogen-bond acceptors (Lipinski definition) is 4. The molecule has 1 unspecified atom stereocenters. The number of halogens is 1. The van der Waals surface area contributed by atoms with Gasteiger partial charge in [-0.3, -0.25) is 9.78 Å². The summed E-state index contributed by atoms with van der Waals surface area (Å²) in [7, 11) is 1.70. The normalized spacial score (nSPS) is 11.8. The quantitative estimate of drug-likeness (QED) is 0.896. The van der Waals surface area contributed by atoms with Crippen LogP contribution >= 0.6 is 0 Å². The molecule has 1 amide bonds. The fourth-order valence-corrected chi connectivity index (χ4v) is 1.73. The summed E-state index contributed by atoms with van der Waals surface area (Å²) < 4.78 is 13.1. The average molecular weight is 274 g/mol. The van der Waals surface area contributed by atoms with Crippen molar-refractivity contribution in [3.05, 3.63) is 53.7 Å². The molecule has 0 fully saturated rings. The maximum Gasteiger partial charge on any atom is 0.272 e. The van der Waals surface area contributed by atoms with E-state index in [0.717, 1.165) is 0 Å². The summed E-state index contributed by atoms with van der Waals surface area (Å²) in [5, 5.41) is 5.57. The first-order chi connectivity index (χ1) is 9.60. The first kappa shape index (κ1) is 13.9. The van der Waals surface area contributed by atoms with E-state index in [1.54, 1.807) is 26.1 Å². The Morgan fingerprint density at radius 3 is 2.85 bits per heavy atom. The van der Waals surface area contributed by atoms with Gasteiger partial charge in [0.1, 0.15) is 17.3 Å². The molecule has 0 aliphatic rings. The van der Waals surface area contributed by atoms with Crippen LogP contribution in [0.1, 0.15) is 29.0 Å². The minimum atomic E-state index is -0.355. The van der Waals surface area contributed by atoms with Crippen molar-refractivity contribution in [2.45, 2.75) is 13.0 Å². The molecule has 20 heavy (non-hydrogen) atoms. The van der Waals surface area contributed by atoms with Crippen molar-refractivity contribution in [2.24, 2.45) is 0 Å². The Morgan fingerprint density at radius 1 is 1.35 bits per heavy atom. The number of amides is 1. The molecule has 0 spiro atoms. The third-order valence-electron chi connectivity index (χ3n) is 2.82. The highest BCUT2D eigenvalue weighted by Crippen LogP contribution is 2.14. The molecule has 0 bridgehead atoms. The largest absolute Gasteiger partial charge is 0.372 e. The van der Waals surface area contributed by atoms with Crippen LogP contribution in [-0.4, -0.2) is 22.9 Å². The number of carbonyl (C=O) groups is 1. The van der Waals surface area contributed by atoms with Gasteiger partial charge in [0.2, 0.25) is 0 Å². The second-order valence-electron chi connectivity index (χ2n) is 4.29. The van der Waals surface area contributed by atoms with Crippen molar-refractivity contribution in [1.82, 2.24) is 15.3 Å². The van der Waals surface area contributed by atoms with E-state index in [-0.39, 0.29) is 23.5 Å². The molecule has 5 nitrogen and oxygen atoms in total. The summed E-state index contributed by atoms with van der Waals surface area (Å²) in [6.07, 6.45) is 2.90. The van der Waals surface area contributed by atoms with Crippen molar-refractivity contribution in [2.75, 3.05) is 12.4 Å². The van der Waals surface area contributed by atoms with Gasteiger partial charge in [0.15, 0.2) is 0 Å². The molecule has 0 saturated heterocycles. The highest BCUT2D eigenvalue weighted by molar-refractivity contribution is 5.92. The van der Waals surface area contributed by atoms with Crippen molar-refractivity contribution >= 4 is 11.7 Å². The van der Waals surface area contributed by atoms with Crippen LogP contribution in [0.5, 0.6) is 0 Å². The molecule has 1 aromatic heterocycles. The van der Waals surface area contributed by atoms with Crippen LogP contribution in [0.2, 0.25) is 0 Å². The first-order valence-electron chi connectivity index (χ1n) is 6.16. The molecular formula is C14H15FN4O. The number of benzene rings is 1. The predicted octanol–water partition coefficient (Wildman–Crippen LogP) is 2.15. The van der Waals surface area contributed by atoms with Crippen molar-refractivity contribution < 1.29 is 9.18 Å². The average Bonchev–Trinajstić information content (AvgIpc) is 2.47. The molecule has 0 radical (unpaired) electrons. The molecule has 2 N–H and O–H groups in total. The summed E-state index contributed by atoms with van der Waals surface area (Å²) in [6, 6.07) is 5.79. The molecule has 0 aliphatic heterocycles. The molecule has 1 aromatic carbocycles. The molecule has 2 aromatic rings. The van der Waals surface area contributed by atoms with Gasteiger partial charge in [-0.05, 0) is 24.6 Å². The lowest BCUT2D eigenvalue weighted by atomic mass is 10.1. The van der Waals surface area contributed by atoms with Gasteiger partial charge in [-0.1, -0.05) is 12.1 Å². The summed E-state index contributed by atoms with van der Waals surface area (Å²) in [5.74, 6) is -0.178. The smallest absolute Gasteiger partial charge is 0.272 e. The SMILES string of the molecule is CNc1cncc(C(=O)NC(C)c2cccc(F)c2)n1. The molecule has 0 saturated carbocycles. The van der Waals surface area contributed by atoms with E-state index in [0.29, 0.717) is 11.4 Å². The second-order valence-corrected chi connectivity index (χ2v) is 4.29. The van der Waals surface area contributed by atoms with Crippen molar-refractivity contribution in [3.63, 3.8) is 0 Å². The molecule has 6 heteroatoms. The van der Waals surface area contributed by atoms with Crippen LogP contribution in [-0.2, 0) is 0 Å². The standard InChI is InChI=1S/C14H15FN4O/c1-9(10-4-3-5-11(15)6-10)18-14(20)12-7-17-8-13(16-2)19-12/h3-9H,1-2H3,(H,16,19)(H,18,20). The second kappa shape index (κ2) is 6.10. The Morgan fingerprint density at radius 2 is 2.15 bits per heavy atom. The van der Waals surface area contributed by atoms with Gasteiger partial charge in [0.05, 0.1) is 18.4 Å². The zero-order valence-electron chi connectivity index (χ0n) is 11.2. The van der Waals surface area contributed by atoms with Crippen LogP contribution in [0.25, 0.3) is 0 Å². The van der Waals surface area contributed by atoms with E-state index in [9.17, 15) is 9.18 Å². The minimum Gasteiger partial charge on any atom is -0.372 e. The third-order valence-corrected chi connectivity index (χ3v) is 2.82. The Kier molecular flexibility index (Phi) is 4.24. The summed E-state index contributed by atoms with van der Waals surface area (Å²) in [4.78, 5) is 20.1. The van der Waals surface area contributed by atoms with Crippen LogP contribution in [0.15, 0.2) is 36.7 Å². The monoisotopic (exact) mass is 274 g/mol. The number of anilines is 1. The zero-order valence-corrected chi connectivity index (χ0v) is 11.2. The van der Waals surface area contributed by atoms with E-state index in [2.05, 4.69) is 20.6 Å². The van der Waals surface area contributed by atoms with Crippen molar-refractivity contribution in [1.29, 1.82) is 0 Å². The van der Waals surface area contributed by atoms with Gasteiger partial charge in [-0.25, -0.2) is 9.37 Å². The van der Waals surface area contributed by atoms with Gasteiger partial charge >= 0.3 is 0 Å². The molecular weight excluding hydrogens is 259 g/mol. The van der Waals surface area contributed by atoms with E-state index in [4.69, 9.17) is 0 Å². The van der Waals surface area contributed by atoms with E-state index < -0.39 is 0 Å². The van der Waals surface area contributed by atoms with Gasteiger partial charge in [-0.15, -0.1) is 0 Å². The van der Waals surface area contributed by atoms with Gasteiger partial charge < -0.3 is 10.6 Å². The lowest BCUT2D eigenvalue weighted by molar-refractivity contribution is 0.0934. The number of rotatable bonds is 4. The molecule has 1 heterocycles. The van der Waals surface area contributed by atoms with Gasteiger partial charge in [-0.2, -0.15) is 0 Å². The molecule has 1 atom stereocenters. The van der Waals surface area contributed by atoms with Crippen LogP contribution in [0.4, 0.5) is 10.2 Å². The van der Waals surface area contributed by atoms with Gasteiger partial charge in [0, 0.05) is 7.05 Å². The number of carbonyl (C=O) groups excluding carboxylic acids is 1. The number of aromatic nitrogens is 2. The summed E-state index contributed by atoms with van der Waals surface area (Å²) in [6.45, 7) is 1.78. The highest BCUT2D eigenvalue weighted by Gasteiger charge is 2.13. The maximum absolute atomic E-state index is 13.1. The van der Waals surface area contributed by atoms with Crippen LogP contribution < -0.4 is 10.6 Å². The number of nitrogens with zero attached hydrogens (tertiary/aromatic N) is 2. The van der Waals surface area contributed by atoms with Gasteiger partial charge in [0.25, 0.3) is 5.91 Å². The number of hydrogen-bond donors (Lipinski definition) is 2. The Labute approximate surface area is 116 Å². The lowest BCUT2D eigenvalue weighted by Gasteiger charge is -2.14. The van der Waals surface area contributed by atoms with Crippen molar-refractivity contribution in [3.8, 4) is 0 Å². The predicted molar refractivity (Wildman–Crippen MR) is 73.9 cm³/mol.